The van der Waals surface area contributed by atoms with E-state index in [1.165, 1.54) is 23.4 Å². The van der Waals surface area contributed by atoms with Crippen LogP contribution in [0.25, 0.3) is 27.8 Å². The number of rotatable bonds is 2. The van der Waals surface area contributed by atoms with Gasteiger partial charge in [-0.25, -0.2) is 4.79 Å². The van der Waals surface area contributed by atoms with Crippen molar-refractivity contribution in [2.75, 3.05) is 14.1 Å². The van der Waals surface area contributed by atoms with Crippen LogP contribution in [-0.2, 0) is 0 Å². The number of aryl methyl sites for hydroxylation is 2. The molecule has 0 bridgehead atoms. The number of imidazole rings is 1. The highest BCUT2D eigenvalue weighted by Gasteiger charge is 2.26. The molecule has 0 radical (unpaired) electrons. The van der Waals surface area contributed by atoms with Crippen LogP contribution in [0.3, 0.4) is 0 Å². The van der Waals surface area contributed by atoms with E-state index in [1.54, 1.807) is 24.3 Å². The first-order valence-electron chi connectivity index (χ1n) is 9.39. The summed E-state index contributed by atoms with van der Waals surface area (Å²) in [6, 6.07) is 14.9. The normalized spacial score (nSPS) is 10.9. The van der Waals surface area contributed by atoms with E-state index < -0.39 is 6.09 Å². The lowest BCUT2D eigenvalue weighted by molar-refractivity contribution is 0.172. The molecule has 150 valence electrons. The SMILES string of the molecule is Cc1cc2[nH]c3c(C#N)c(OC(=O)N(C)C)c(-c4ccccc4)c(=O)n3c2cc1C. The molecule has 0 atom stereocenters. The van der Waals surface area contributed by atoms with Gasteiger partial charge in [-0.05, 0) is 42.7 Å². The number of hydrogen-bond acceptors (Lipinski definition) is 4. The van der Waals surface area contributed by atoms with Crippen LogP contribution in [0.15, 0.2) is 47.3 Å². The molecule has 0 fully saturated rings. The van der Waals surface area contributed by atoms with Gasteiger partial charge in [0.05, 0.1) is 16.6 Å². The zero-order chi connectivity index (χ0) is 21.6. The zero-order valence-corrected chi connectivity index (χ0v) is 17.1. The zero-order valence-electron chi connectivity index (χ0n) is 17.1. The third kappa shape index (κ3) is 2.90. The number of nitrogens with zero attached hydrogens (tertiary/aromatic N) is 3. The van der Waals surface area contributed by atoms with Crippen LogP contribution >= 0.6 is 0 Å². The molecule has 2 aromatic heterocycles. The number of benzene rings is 2. The molecule has 4 aromatic rings. The third-order valence-corrected chi connectivity index (χ3v) is 5.17. The first-order chi connectivity index (χ1) is 14.3. The molecule has 30 heavy (non-hydrogen) atoms. The molecule has 7 nitrogen and oxygen atoms in total. The van der Waals surface area contributed by atoms with Gasteiger partial charge < -0.3 is 14.6 Å². The van der Waals surface area contributed by atoms with E-state index in [4.69, 9.17) is 4.74 Å². The Morgan fingerprint density at radius 2 is 1.80 bits per heavy atom. The molecule has 0 spiro atoms. The van der Waals surface area contributed by atoms with Crippen LogP contribution in [-0.4, -0.2) is 34.5 Å². The number of amides is 1. The van der Waals surface area contributed by atoms with Crippen LogP contribution in [0.2, 0.25) is 0 Å². The Hall–Kier alpha value is -4.05. The van der Waals surface area contributed by atoms with E-state index in [2.05, 4.69) is 11.1 Å². The minimum atomic E-state index is -0.671. The molecule has 1 N–H and O–H groups in total. The molecular weight excluding hydrogens is 380 g/mol. The van der Waals surface area contributed by atoms with Crippen molar-refractivity contribution in [1.82, 2.24) is 14.3 Å². The summed E-state index contributed by atoms with van der Waals surface area (Å²) in [6.07, 6.45) is -0.671. The number of hydrogen-bond donors (Lipinski definition) is 1. The Balaban J connectivity index is 2.20. The van der Waals surface area contributed by atoms with E-state index in [0.717, 1.165) is 16.6 Å². The lowest BCUT2D eigenvalue weighted by Gasteiger charge is -2.15. The van der Waals surface area contributed by atoms with Gasteiger partial charge in [-0.2, -0.15) is 5.26 Å². The summed E-state index contributed by atoms with van der Waals surface area (Å²) in [5, 5.41) is 9.97. The van der Waals surface area contributed by atoms with Crippen LogP contribution in [0.1, 0.15) is 16.7 Å². The Morgan fingerprint density at radius 3 is 2.43 bits per heavy atom. The summed E-state index contributed by atoms with van der Waals surface area (Å²) in [5.41, 5.74) is 4.22. The van der Waals surface area contributed by atoms with Gasteiger partial charge in [-0.3, -0.25) is 9.20 Å². The summed E-state index contributed by atoms with van der Waals surface area (Å²) in [4.78, 5) is 30.4. The van der Waals surface area contributed by atoms with E-state index >= 15 is 0 Å². The molecule has 1 amide bonds. The van der Waals surface area contributed by atoms with Crippen molar-refractivity contribution in [2.45, 2.75) is 13.8 Å². The minimum Gasteiger partial charge on any atom is -0.408 e. The highest BCUT2D eigenvalue weighted by atomic mass is 16.6. The number of nitriles is 1. The van der Waals surface area contributed by atoms with Crippen LogP contribution in [0.5, 0.6) is 5.75 Å². The van der Waals surface area contributed by atoms with Crippen molar-refractivity contribution in [3.05, 3.63) is 69.5 Å². The molecule has 7 heteroatoms. The van der Waals surface area contributed by atoms with Crippen LogP contribution in [0, 0.1) is 25.2 Å². The Morgan fingerprint density at radius 1 is 1.13 bits per heavy atom. The fourth-order valence-corrected chi connectivity index (χ4v) is 3.46. The van der Waals surface area contributed by atoms with Crippen LogP contribution in [0.4, 0.5) is 4.79 Å². The van der Waals surface area contributed by atoms with E-state index in [9.17, 15) is 14.9 Å². The summed E-state index contributed by atoms with van der Waals surface area (Å²) in [6.45, 7) is 3.95. The van der Waals surface area contributed by atoms with Crippen molar-refractivity contribution in [3.63, 3.8) is 0 Å². The monoisotopic (exact) mass is 400 g/mol. The maximum atomic E-state index is 13.7. The molecule has 0 saturated carbocycles. The van der Waals surface area contributed by atoms with Gasteiger partial charge in [0.2, 0.25) is 0 Å². The maximum absolute atomic E-state index is 13.7. The third-order valence-electron chi connectivity index (χ3n) is 5.17. The predicted molar refractivity (Wildman–Crippen MR) is 115 cm³/mol. The lowest BCUT2D eigenvalue weighted by Crippen LogP contribution is -2.27. The number of aromatic amines is 1. The smallest absolute Gasteiger partial charge is 0.408 e. The maximum Gasteiger partial charge on any atom is 0.414 e. The number of H-pyrrole nitrogens is 1. The van der Waals surface area contributed by atoms with Gasteiger partial charge in [0, 0.05) is 14.1 Å². The first-order valence-corrected chi connectivity index (χ1v) is 9.39. The first kappa shape index (κ1) is 19.3. The Kier molecular flexibility index (Phi) is 4.55. The molecule has 0 aliphatic carbocycles. The number of aromatic nitrogens is 2. The van der Waals surface area contributed by atoms with Crippen molar-refractivity contribution in [2.24, 2.45) is 0 Å². The van der Waals surface area contributed by atoms with Gasteiger partial charge in [-0.1, -0.05) is 30.3 Å². The van der Waals surface area contributed by atoms with Gasteiger partial charge in [0.15, 0.2) is 5.75 Å². The van der Waals surface area contributed by atoms with Crippen molar-refractivity contribution < 1.29 is 9.53 Å². The molecule has 0 aliphatic rings. The summed E-state index contributed by atoms with van der Waals surface area (Å²) in [7, 11) is 3.08. The minimum absolute atomic E-state index is 0.0487. The van der Waals surface area contributed by atoms with Gasteiger partial charge in [-0.15, -0.1) is 0 Å². The average molecular weight is 400 g/mol. The fraction of sp³-hybridized carbons (Fsp3) is 0.174. The second-order valence-electron chi connectivity index (χ2n) is 7.39. The largest absolute Gasteiger partial charge is 0.414 e. The number of pyridine rings is 1. The molecule has 0 unspecified atom stereocenters. The molecular formula is C23H20N4O3. The predicted octanol–water partition coefficient (Wildman–Crippen LogP) is 4.00. The van der Waals surface area contributed by atoms with E-state index in [0.29, 0.717) is 16.7 Å². The summed E-state index contributed by atoms with van der Waals surface area (Å²) in [5.74, 6) is -0.0487. The second-order valence-corrected chi connectivity index (χ2v) is 7.39. The van der Waals surface area contributed by atoms with Crippen molar-refractivity contribution in [3.8, 4) is 22.9 Å². The Labute approximate surface area is 172 Å². The molecule has 0 saturated heterocycles. The molecule has 0 aliphatic heterocycles. The Bertz CT molecular complexity index is 1410. The highest BCUT2D eigenvalue weighted by molar-refractivity contribution is 5.89. The second kappa shape index (κ2) is 7.08. The quantitative estimate of drug-likeness (QED) is 0.551. The number of carbonyl (C=O) groups is 1. The molecule has 2 heterocycles. The summed E-state index contributed by atoms with van der Waals surface area (Å²) >= 11 is 0. The van der Waals surface area contributed by atoms with E-state index in [1.807, 2.05) is 32.0 Å². The lowest BCUT2D eigenvalue weighted by atomic mass is 10.0. The summed E-state index contributed by atoms with van der Waals surface area (Å²) < 4.78 is 7.03. The van der Waals surface area contributed by atoms with Gasteiger partial charge >= 0.3 is 6.09 Å². The number of fused-ring (bicyclic) bond motifs is 3. The molecule has 4 rings (SSSR count). The van der Waals surface area contributed by atoms with Gasteiger partial charge in [0.1, 0.15) is 17.3 Å². The topological polar surface area (TPSA) is 90.6 Å². The molecule has 2 aromatic carbocycles. The number of carbonyl (C=O) groups excluding carboxylic acids is 1. The fourth-order valence-electron chi connectivity index (χ4n) is 3.46. The van der Waals surface area contributed by atoms with Crippen LogP contribution < -0.4 is 10.3 Å². The van der Waals surface area contributed by atoms with Crippen molar-refractivity contribution >= 4 is 22.8 Å². The number of ether oxygens (including phenoxy) is 1. The van der Waals surface area contributed by atoms with E-state index in [-0.39, 0.29) is 22.4 Å². The standard InChI is InChI=1S/C23H20N4O3/c1-13-10-17-18(11-14(13)2)27-21(25-17)16(12-24)20(30-23(29)26(3)4)19(22(27)28)15-8-6-5-7-9-15/h5-11,25H,1-4H3. The van der Waals surface area contributed by atoms with Crippen molar-refractivity contribution in [1.29, 1.82) is 5.26 Å². The van der Waals surface area contributed by atoms with Gasteiger partial charge in [0.25, 0.3) is 5.56 Å². The number of nitrogens with one attached hydrogen (secondary N) is 1. The highest BCUT2D eigenvalue weighted by Crippen LogP contribution is 2.34. The average Bonchev–Trinajstić information content (AvgIpc) is 3.07.